The van der Waals surface area contributed by atoms with Gasteiger partial charge >= 0.3 is 0 Å². The maximum absolute atomic E-state index is 6.23. The zero-order valence-electron chi connectivity index (χ0n) is 13.6. The molecule has 0 aromatic heterocycles. The highest BCUT2D eigenvalue weighted by Crippen LogP contribution is 2.36. The number of aliphatic imine (C=N–C) groups is 1. The third-order valence-electron chi connectivity index (χ3n) is 3.09. The summed E-state index contributed by atoms with van der Waals surface area (Å²) in [5.41, 5.74) is 6.89. The fourth-order valence-electron chi connectivity index (χ4n) is 1.97. The summed E-state index contributed by atoms with van der Waals surface area (Å²) < 4.78 is 10.8. The molecular formula is C15H25ClIN3O2. The van der Waals surface area contributed by atoms with E-state index in [-0.39, 0.29) is 24.0 Å². The highest BCUT2D eigenvalue weighted by molar-refractivity contribution is 14.0. The first kappa shape index (κ1) is 21.1. The smallest absolute Gasteiger partial charge is 0.191 e. The van der Waals surface area contributed by atoms with E-state index in [9.17, 15) is 0 Å². The second-order valence-electron chi connectivity index (χ2n) is 4.39. The molecule has 0 unspecified atom stereocenters. The lowest BCUT2D eigenvalue weighted by Crippen LogP contribution is -2.37. The molecule has 0 fully saturated rings. The van der Waals surface area contributed by atoms with Gasteiger partial charge in [0.2, 0.25) is 0 Å². The molecule has 0 spiro atoms. The number of hydrogen-bond donors (Lipinski definition) is 1. The normalized spacial score (nSPS) is 10.9. The Labute approximate surface area is 154 Å². The van der Waals surface area contributed by atoms with Crippen molar-refractivity contribution in [3.05, 3.63) is 22.7 Å². The minimum atomic E-state index is 0. The third kappa shape index (κ3) is 5.72. The van der Waals surface area contributed by atoms with E-state index < -0.39 is 0 Å². The Morgan fingerprint density at radius 2 is 1.91 bits per heavy atom. The molecule has 5 nitrogen and oxygen atoms in total. The molecule has 7 heteroatoms. The Kier molecular flexibility index (Phi) is 10.3. The number of methoxy groups -OCH3 is 1. The molecule has 0 aliphatic rings. The zero-order valence-corrected chi connectivity index (χ0v) is 16.6. The molecule has 2 N–H and O–H groups in total. The third-order valence-corrected chi connectivity index (χ3v) is 3.37. The van der Waals surface area contributed by atoms with Crippen molar-refractivity contribution in [3.8, 4) is 11.5 Å². The standard InChI is InChI=1S/C15H24ClN3O2.HI/c1-5-19(6-2)15(17)18-10-11-8-12(16)14(21-7-3)13(9-11)20-4;/h8-9H,5-7,10H2,1-4H3,(H2,17,18);1H. The van der Waals surface area contributed by atoms with Crippen LogP contribution in [0.15, 0.2) is 17.1 Å². The molecule has 1 rings (SSSR count). The lowest BCUT2D eigenvalue weighted by atomic mass is 10.2. The number of nitrogens with two attached hydrogens (primary N) is 1. The average Bonchev–Trinajstić information content (AvgIpc) is 2.48. The monoisotopic (exact) mass is 441 g/mol. The molecule has 22 heavy (non-hydrogen) atoms. The van der Waals surface area contributed by atoms with Crippen molar-refractivity contribution in [2.24, 2.45) is 10.7 Å². The number of guanidine groups is 1. The van der Waals surface area contributed by atoms with E-state index in [0.29, 0.717) is 35.6 Å². The largest absolute Gasteiger partial charge is 0.493 e. The van der Waals surface area contributed by atoms with Gasteiger partial charge in [0.05, 0.1) is 25.3 Å². The summed E-state index contributed by atoms with van der Waals surface area (Å²) >= 11 is 6.23. The summed E-state index contributed by atoms with van der Waals surface area (Å²) in [6, 6.07) is 3.70. The van der Waals surface area contributed by atoms with Gasteiger partial charge in [-0.1, -0.05) is 11.6 Å². The van der Waals surface area contributed by atoms with Crippen LogP contribution < -0.4 is 15.2 Å². The number of hydrogen-bond acceptors (Lipinski definition) is 3. The summed E-state index contributed by atoms with van der Waals surface area (Å²) in [5.74, 6) is 1.70. The van der Waals surface area contributed by atoms with Gasteiger partial charge in [0.25, 0.3) is 0 Å². The fraction of sp³-hybridized carbons (Fsp3) is 0.533. The second kappa shape index (κ2) is 10.8. The van der Waals surface area contributed by atoms with E-state index in [0.717, 1.165) is 18.7 Å². The molecule has 0 bridgehead atoms. The number of rotatable bonds is 7. The first-order valence-electron chi connectivity index (χ1n) is 7.11. The summed E-state index contributed by atoms with van der Waals surface area (Å²) in [5, 5.41) is 0.516. The first-order valence-corrected chi connectivity index (χ1v) is 7.49. The van der Waals surface area contributed by atoms with Crippen LogP contribution in [0.2, 0.25) is 5.02 Å². The molecule has 0 heterocycles. The van der Waals surface area contributed by atoms with Gasteiger partial charge in [0.1, 0.15) is 0 Å². The van der Waals surface area contributed by atoms with Crippen molar-refractivity contribution in [2.45, 2.75) is 27.3 Å². The Morgan fingerprint density at radius 3 is 2.41 bits per heavy atom. The van der Waals surface area contributed by atoms with Crippen LogP contribution in [0.4, 0.5) is 0 Å². The Hall–Kier alpha value is -0.890. The van der Waals surface area contributed by atoms with Crippen molar-refractivity contribution in [3.63, 3.8) is 0 Å². The number of nitrogens with zero attached hydrogens (tertiary/aromatic N) is 2. The van der Waals surface area contributed by atoms with Gasteiger partial charge in [-0.15, -0.1) is 24.0 Å². The molecule has 126 valence electrons. The van der Waals surface area contributed by atoms with E-state index in [1.54, 1.807) is 7.11 Å². The summed E-state index contributed by atoms with van der Waals surface area (Å²) in [6.45, 7) is 8.63. The van der Waals surface area contributed by atoms with Crippen LogP contribution in [0.3, 0.4) is 0 Å². The molecule has 1 aromatic carbocycles. The molecular weight excluding hydrogens is 417 g/mol. The van der Waals surface area contributed by atoms with Gasteiger partial charge in [0.15, 0.2) is 17.5 Å². The fourth-order valence-corrected chi connectivity index (χ4v) is 2.26. The summed E-state index contributed by atoms with van der Waals surface area (Å²) in [7, 11) is 1.59. The number of halogens is 2. The molecule has 0 saturated carbocycles. The van der Waals surface area contributed by atoms with Crippen molar-refractivity contribution in [1.82, 2.24) is 4.90 Å². The second-order valence-corrected chi connectivity index (χ2v) is 4.80. The Bertz CT molecular complexity index is 494. The minimum Gasteiger partial charge on any atom is -0.493 e. The van der Waals surface area contributed by atoms with Gasteiger partial charge < -0.3 is 20.1 Å². The molecule has 0 atom stereocenters. The summed E-state index contributed by atoms with van der Waals surface area (Å²) in [4.78, 5) is 6.39. The zero-order chi connectivity index (χ0) is 15.8. The maximum atomic E-state index is 6.23. The molecule has 0 aliphatic heterocycles. The predicted octanol–water partition coefficient (Wildman–Crippen LogP) is 3.52. The Balaban J connectivity index is 0.00000441. The first-order chi connectivity index (χ1) is 10.1. The molecule has 1 aromatic rings. The van der Waals surface area contributed by atoms with Gasteiger partial charge in [-0.3, -0.25) is 0 Å². The Morgan fingerprint density at radius 1 is 1.27 bits per heavy atom. The molecule has 0 radical (unpaired) electrons. The number of benzene rings is 1. The van der Waals surface area contributed by atoms with E-state index in [2.05, 4.69) is 4.99 Å². The van der Waals surface area contributed by atoms with E-state index >= 15 is 0 Å². The average molecular weight is 442 g/mol. The summed E-state index contributed by atoms with van der Waals surface area (Å²) in [6.07, 6.45) is 0. The lowest BCUT2D eigenvalue weighted by Gasteiger charge is -2.19. The van der Waals surface area contributed by atoms with E-state index in [1.165, 1.54) is 0 Å². The maximum Gasteiger partial charge on any atom is 0.191 e. The van der Waals surface area contributed by atoms with Gasteiger partial charge in [-0.2, -0.15) is 0 Å². The van der Waals surface area contributed by atoms with Crippen LogP contribution in [0.25, 0.3) is 0 Å². The number of ether oxygens (including phenoxy) is 2. The van der Waals surface area contributed by atoms with Gasteiger partial charge in [-0.05, 0) is 38.5 Å². The van der Waals surface area contributed by atoms with Crippen LogP contribution in [0.5, 0.6) is 11.5 Å². The van der Waals surface area contributed by atoms with Crippen LogP contribution in [0.1, 0.15) is 26.3 Å². The molecule has 0 aliphatic carbocycles. The van der Waals surface area contributed by atoms with Crippen LogP contribution in [-0.4, -0.2) is 37.7 Å². The lowest BCUT2D eigenvalue weighted by molar-refractivity contribution is 0.311. The molecule has 0 saturated heterocycles. The van der Waals surface area contributed by atoms with Gasteiger partial charge in [0, 0.05) is 13.1 Å². The highest BCUT2D eigenvalue weighted by atomic mass is 127. The van der Waals surface area contributed by atoms with Crippen molar-refractivity contribution in [1.29, 1.82) is 0 Å². The topological polar surface area (TPSA) is 60.1 Å². The van der Waals surface area contributed by atoms with Crippen LogP contribution in [-0.2, 0) is 6.54 Å². The molecule has 0 amide bonds. The van der Waals surface area contributed by atoms with E-state index in [4.69, 9.17) is 26.8 Å². The van der Waals surface area contributed by atoms with Crippen molar-refractivity contribution >= 4 is 41.5 Å². The SMILES string of the molecule is CCOc1c(Cl)cc(CN=C(N)N(CC)CC)cc1OC.I. The van der Waals surface area contributed by atoms with Crippen molar-refractivity contribution < 1.29 is 9.47 Å². The van der Waals surface area contributed by atoms with Crippen LogP contribution >= 0.6 is 35.6 Å². The predicted molar refractivity (Wildman–Crippen MR) is 103 cm³/mol. The quantitative estimate of drug-likeness (QED) is 0.399. The van der Waals surface area contributed by atoms with Crippen molar-refractivity contribution in [2.75, 3.05) is 26.8 Å². The van der Waals surface area contributed by atoms with Crippen LogP contribution in [0, 0.1) is 0 Å². The minimum absolute atomic E-state index is 0. The van der Waals surface area contributed by atoms with Gasteiger partial charge in [-0.25, -0.2) is 4.99 Å². The van der Waals surface area contributed by atoms with E-state index in [1.807, 2.05) is 37.8 Å². The highest BCUT2D eigenvalue weighted by Gasteiger charge is 2.11.